The van der Waals surface area contributed by atoms with Crippen LogP contribution in [0.5, 0.6) is 5.75 Å². The highest BCUT2D eigenvalue weighted by Crippen LogP contribution is 2.24. The van der Waals surface area contributed by atoms with E-state index in [1.54, 1.807) is 0 Å². The van der Waals surface area contributed by atoms with Crippen molar-refractivity contribution in [1.82, 2.24) is 4.90 Å². The summed E-state index contributed by atoms with van der Waals surface area (Å²) in [7, 11) is 0. The number of fused-ring (bicyclic) bond motifs is 1. The lowest BCUT2D eigenvalue weighted by atomic mass is 9.99. The minimum absolute atomic E-state index is 0.117. The Kier molecular flexibility index (Phi) is 7.23. The van der Waals surface area contributed by atoms with Crippen molar-refractivity contribution in [3.05, 3.63) is 29.3 Å². The molecule has 2 N–H and O–H groups in total. The van der Waals surface area contributed by atoms with Crippen LogP contribution in [0.4, 0.5) is 0 Å². The van der Waals surface area contributed by atoms with E-state index in [0.717, 1.165) is 38.2 Å². The molecule has 0 amide bonds. The minimum Gasteiger partial charge on any atom is -0.491 e. The zero-order valence-corrected chi connectivity index (χ0v) is 15.5. The molecule has 0 radical (unpaired) electrons. The maximum Gasteiger partial charge on any atom is 0.306 e. The summed E-state index contributed by atoms with van der Waals surface area (Å²) in [4.78, 5) is 18.7. The topological polar surface area (TPSA) is 74.0 Å². The lowest BCUT2D eigenvalue weighted by Crippen LogP contribution is -2.32. The number of carbonyl (C=O) groups excluding carboxylic acids is 1. The molecule has 0 fully saturated rings. The van der Waals surface area contributed by atoms with Gasteiger partial charge in [0.1, 0.15) is 24.6 Å². The van der Waals surface area contributed by atoms with E-state index in [2.05, 4.69) is 21.9 Å². The van der Waals surface area contributed by atoms with Gasteiger partial charge in [0.25, 0.3) is 0 Å². The minimum atomic E-state index is -0.406. The van der Waals surface area contributed by atoms with Gasteiger partial charge in [-0.05, 0) is 63.4 Å². The third-order valence-electron chi connectivity index (χ3n) is 4.01. The van der Waals surface area contributed by atoms with Crippen LogP contribution < -0.4 is 10.6 Å². The molecule has 0 atom stereocenters. The number of nitrogens with two attached hydrogens (primary N) is 1. The molecule has 1 aliphatic rings. The van der Waals surface area contributed by atoms with Crippen molar-refractivity contribution in [1.29, 1.82) is 0 Å². The summed E-state index contributed by atoms with van der Waals surface area (Å²) < 4.78 is 10.9. The number of hydrogen-bond donors (Lipinski definition) is 1. The van der Waals surface area contributed by atoms with Crippen LogP contribution in [0.2, 0.25) is 0 Å². The van der Waals surface area contributed by atoms with Crippen LogP contribution in [-0.4, -0.2) is 42.8 Å². The number of ether oxygens (including phenoxy) is 2. The molecule has 0 saturated carbocycles. The number of carbonyl (C=O) groups is 1. The fraction of sp³-hybridized carbons (Fsp3) is 0.632. The molecule has 0 spiro atoms. The van der Waals surface area contributed by atoms with Crippen molar-refractivity contribution in [2.24, 2.45) is 5.90 Å². The molecule has 1 aromatic carbocycles. The molecular weight excluding hydrogens is 320 g/mol. The van der Waals surface area contributed by atoms with E-state index in [1.165, 1.54) is 11.1 Å². The first-order chi connectivity index (χ1) is 11.9. The predicted molar refractivity (Wildman–Crippen MR) is 96.1 cm³/mol. The van der Waals surface area contributed by atoms with Gasteiger partial charge in [0.05, 0.1) is 0 Å². The SMILES string of the molecule is CC(C)(C)OC(=O)CCCN1CCc2cc(OCCON)ccc2C1. The molecule has 140 valence electrons. The first kappa shape index (κ1) is 19.7. The molecule has 6 heteroatoms. The van der Waals surface area contributed by atoms with Gasteiger partial charge in [0.15, 0.2) is 0 Å². The Hall–Kier alpha value is -1.63. The summed E-state index contributed by atoms with van der Waals surface area (Å²) in [6.07, 6.45) is 2.29. The van der Waals surface area contributed by atoms with Gasteiger partial charge in [0, 0.05) is 19.5 Å². The molecule has 2 rings (SSSR count). The molecule has 25 heavy (non-hydrogen) atoms. The predicted octanol–water partition coefficient (Wildman–Crippen LogP) is 2.44. The molecule has 0 bridgehead atoms. The highest BCUT2D eigenvalue weighted by Gasteiger charge is 2.19. The third kappa shape index (κ3) is 7.02. The van der Waals surface area contributed by atoms with E-state index in [9.17, 15) is 4.79 Å². The molecular formula is C19H30N2O4. The van der Waals surface area contributed by atoms with Crippen LogP contribution in [0.15, 0.2) is 18.2 Å². The molecule has 1 aromatic rings. The van der Waals surface area contributed by atoms with Gasteiger partial charge in [-0.15, -0.1) is 0 Å². The number of benzene rings is 1. The largest absolute Gasteiger partial charge is 0.491 e. The van der Waals surface area contributed by atoms with E-state index in [1.807, 2.05) is 26.8 Å². The van der Waals surface area contributed by atoms with Gasteiger partial charge in [-0.2, -0.15) is 0 Å². The summed E-state index contributed by atoms with van der Waals surface area (Å²) >= 11 is 0. The zero-order valence-electron chi connectivity index (χ0n) is 15.5. The van der Waals surface area contributed by atoms with E-state index < -0.39 is 5.60 Å². The summed E-state index contributed by atoms with van der Waals surface area (Å²) in [6.45, 7) is 9.33. The monoisotopic (exact) mass is 350 g/mol. The zero-order chi connectivity index (χ0) is 18.3. The Labute approximate surface area is 150 Å². The molecule has 0 unspecified atom stereocenters. The summed E-state index contributed by atoms with van der Waals surface area (Å²) in [5.74, 6) is 5.73. The van der Waals surface area contributed by atoms with Crippen LogP contribution in [-0.2, 0) is 27.3 Å². The second-order valence-corrected chi connectivity index (χ2v) is 7.37. The van der Waals surface area contributed by atoms with Crippen LogP contribution in [0, 0.1) is 0 Å². The number of nitrogens with zero attached hydrogens (tertiary/aromatic N) is 1. The Balaban J connectivity index is 1.76. The van der Waals surface area contributed by atoms with Crippen LogP contribution in [0.25, 0.3) is 0 Å². The smallest absolute Gasteiger partial charge is 0.306 e. The van der Waals surface area contributed by atoms with Gasteiger partial charge in [0.2, 0.25) is 0 Å². The molecule has 0 aliphatic carbocycles. The summed E-state index contributed by atoms with van der Waals surface area (Å²) in [6, 6.07) is 6.21. The Bertz CT molecular complexity index is 569. The highest BCUT2D eigenvalue weighted by molar-refractivity contribution is 5.69. The van der Waals surface area contributed by atoms with Gasteiger partial charge >= 0.3 is 5.97 Å². The van der Waals surface area contributed by atoms with E-state index >= 15 is 0 Å². The molecule has 1 aliphatic heterocycles. The number of rotatable bonds is 8. The van der Waals surface area contributed by atoms with E-state index in [0.29, 0.717) is 19.6 Å². The second kappa shape index (κ2) is 9.17. The first-order valence-electron chi connectivity index (χ1n) is 8.88. The highest BCUT2D eigenvalue weighted by atomic mass is 16.6. The first-order valence-corrected chi connectivity index (χ1v) is 8.88. The molecule has 6 nitrogen and oxygen atoms in total. The van der Waals surface area contributed by atoms with Crippen molar-refractivity contribution >= 4 is 5.97 Å². The van der Waals surface area contributed by atoms with Crippen molar-refractivity contribution in [3.8, 4) is 5.75 Å². The number of esters is 1. The van der Waals surface area contributed by atoms with Crippen molar-refractivity contribution in [2.75, 3.05) is 26.3 Å². The Morgan fingerprint density at radius 3 is 2.76 bits per heavy atom. The number of hydrogen-bond acceptors (Lipinski definition) is 6. The average Bonchev–Trinajstić information content (AvgIpc) is 2.53. The van der Waals surface area contributed by atoms with Crippen LogP contribution >= 0.6 is 0 Å². The van der Waals surface area contributed by atoms with Crippen LogP contribution in [0.1, 0.15) is 44.7 Å². The van der Waals surface area contributed by atoms with E-state index in [-0.39, 0.29) is 5.97 Å². The Morgan fingerprint density at radius 2 is 2.04 bits per heavy atom. The summed E-state index contributed by atoms with van der Waals surface area (Å²) in [5.41, 5.74) is 2.25. The van der Waals surface area contributed by atoms with Crippen molar-refractivity contribution in [3.63, 3.8) is 0 Å². The third-order valence-corrected chi connectivity index (χ3v) is 4.01. The lowest BCUT2D eigenvalue weighted by Gasteiger charge is -2.29. The fourth-order valence-corrected chi connectivity index (χ4v) is 2.92. The second-order valence-electron chi connectivity index (χ2n) is 7.37. The standard InChI is InChI=1S/C19H30N2O4/c1-19(2,3)25-18(22)5-4-9-21-10-8-15-13-17(23-11-12-24-20)7-6-16(15)14-21/h6-7,13H,4-5,8-12,14,20H2,1-3H3. The molecule has 0 saturated heterocycles. The Morgan fingerprint density at radius 1 is 1.24 bits per heavy atom. The van der Waals surface area contributed by atoms with Crippen molar-refractivity contribution < 1.29 is 19.1 Å². The normalized spacial score (nSPS) is 14.9. The maximum atomic E-state index is 11.8. The van der Waals surface area contributed by atoms with E-state index in [4.69, 9.17) is 15.4 Å². The van der Waals surface area contributed by atoms with Gasteiger partial charge < -0.3 is 14.3 Å². The molecule has 1 heterocycles. The quantitative estimate of drug-likeness (QED) is 0.441. The fourth-order valence-electron chi connectivity index (χ4n) is 2.92. The lowest BCUT2D eigenvalue weighted by molar-refractivity contribution is -0.155. The molecule has 0 aromatic heterocycles. The maximum absolute atomic E-state index is 11.8. The van der Waals surface area contributed by atoms with Gasteiger partial charge in [-0.25, -0.2) is 5.90 Å². The van der Waals surface area contributed by atoms with Crippen LogP contribution in [0.3, 0.4) is 0 Å². The van der Waals surface area contributed by atoms with Gasteiger partial charge in [-0.1, -0.05) is 6.07 Å². The van der Waals surface area contributed by atoms with Crippen molar-refractivity contribution in [2.45, 2.75) is 52.2 Å². The average molecular weight is 350 g/mol. The summed E-state index contributed by atoms with van der Waals surface area (Å²) in [5, 5.41) is 0. The van der Waals surface area contributed by atoms with Gasteiger partial charge in [-0.3, -0.25) is 9.69 Å².